The van der Waals surface area contributed by atoms with Gasteiger partial charge in [-0.3, -0.25) is 4.79 Å². The normalized spacial score (nSPS) is 18.9. The Morgan fingerprint density at radius 1 is 1.35 bits per heavy atom. The molecule has 1 aliphatic heterocycles. The van der Waals surface area contributed by atoms with Crippen LogP contribution in [0.25, 0.3) is 0 Å². The monoisotopic (exact) mass is 378 g/mol. The number of nitriles is 2. The molecule has 100 valence electrons. The maximum Gasteiger partial charge on any atom is 0.249 e. The number of nitrogens with zero attached hydrogens (tertiary/aromatic N) is 3. The topological polar surface area (TPSA) is 89.0 Å². The summed E-state index contributed by atoms with van der Waals surface area (Å²) in [6.07, 6.45) is 0. The van der Waals surface area contributed by atoms with Crippen LogP contribution in [-0.2, 0) is 4.79 Å². The van der Waals surface area contributed by atoms with Gasteiger partial charge in [-0.2, -0.15) is 15.6 Å². The average molecular weight is 378 g/mol. The summed E-state index contributed by atoms with van der Waals surface area (Å²) in [6, 6.07) is 11.5. The lowest BCUT2D eigenvalue weighted by molar-refractivity contribution is -0.122. The van der Waals surface area contributed by atoms with Crippen LogP contribution in [0.2, 0.25) is 0 Å². The van der Waals surface area contributed by atoms with E-state index in [4.69, 9.17) is 0 Å². The van der Waals surface area contributed by atoms with Crippen molar-refractivity contribution in [2.45, 2.75) is 12.8 Å². The van der Waals surface area contributed by atoms with Crippen molar-refractivity contribution in [3.8, 4) is 12.1 Å². The first-order chi connectivity index (χ1) is 9.60. The molecule has 20 heavy (non-hydrogen) atoms. The summed E-state index contributed by atoms with van der Waals surface area (Å²) in [6.45, 7) is 1.73. The van der Waals surface area contributed by atoms with Crippen molar-refractivity contribution in [1.82, 2.24) is 5.43 Å². The summed E-state index contributed by atoms with van der Waals surface area (Å²) >= 11 is 2.15. The highest BCUT2D eigenvalue weighted by molar-refractivity contribution is 14.1. The molecule has 2 rings (SSSR count). The van der Waals surface area contributed by atoms with Gasteiger partial charge in [0.1, 0.15) is 5.92 Å². The van der Waals surface area contributed by atoms with E-state index >= 15 is 0 Å². The second-order valence-corrected chi connectivity index (χ2v) is 5.65. The molecule has 0 radical (unpaired) electrons. The Morgan fingerprint density at radius 2 is 2.00 bits per heavy atom. The van der Waals surface area contributed by atoms with E-state index in [-0.39, 0.29) is 5.91 Å². The molecule has 1 N–H and O–H groups in total. The number of nitrogens with one attached hydrogen (secondary N) is 1. The zero-order valence-electron chi connectivity index (χ0n) is 10.7. The Hall–Kier alpha value is -1.93. The third kappa shape index (κ3) is 2.52. The summed E-state index contributed by atoms with van der Waals surface area (Å²) in [5.41, 5.74) is 3.86. The lowest BCUT2D eigenvalue weighted by Crippen LogP contribution is -2.32. The number of benzene rings is 1. The Labute approximate surface area is 130 Å². The van der Waals surface area contributed by atoms with Gasteiger partial charge in [0.05, 0.1) is 18.1 Å². The molecule has 5 nitrogen and oxygen atoms in total. The fourth-order valence-corrected chi connectivity index (χ4v) is 3.13. The van der Waals surface area contributed by atoms with E-state index in [1.165, 1.54) is 0 Å². The average Bonchev–Trinajstić information content (AvgIpc) is 2.77. The highest BCUT2D eigenvalue weighted by Crippen LogP contribution is 2.36. The molecule has 0 aliphatic carbocycles. The van der Waals surface area contributed by atoms with E-state index in [9.17, 15) is 15.3 Å². The largest absolute Gasteiger partial charge is 0.272 e. The number of hydrazone groups is 1. The number of hydrogen-bond acceptors (Lipinski definition) is 4. The van der Waals surface area contributed by atoms with E-state index in [0.29, 0.717) is 5.71 Å². The van der Waals surface area contributed by atoms with Gasteiger partial charge in [-0.1, -0.05) is 18.2 Å². The fourth-order valence-electron chi connectivity index (χ4n) is 2.38. The molecule has 2 atom stereocenters. The molecule has 2 unspecified atom stereocenters. The van der Waals surface area contributed by atoms with Crippen molar-refractivity contribution in [3.05, 3.63) is 33.4 Å². The standard InChI is InChI=1S/C14H11IN4O/c1-8-12(14(20)19-18-8)13(9(6-16)7-17)10-4-2-3-5-11(10)15/h2-5,9,12-13H,1H3,(H,19,20). The van der Waals surface area contributed by atoms with E-state index < -0.39 is 17.8 Å². The van der Waals surface area contributed by atoms with Gasteiger partial charge < -0.3 is 0 Å². The Kier molecular flexibility index (Phi) is 4.35. The Morgan fingerprint density at radius 3 is 2.50 bits per heavy atom. The third-order valence-corrected chi connectivity index (χ3v) is 4.32. The molecule has 0 bridgehead atoms. The predicted octanol–water partition coefficient (Wildman–Crippen LogP) is 2.16. The van der Waals surface area contributed by atoms with Crippen LogP contribution in [0.3, 0.4) is 0 Å². The minimum atomic E-state index is -0.898. The van der Waals surface area contributed by atoms with Gasteiger partial charge in [0, 0.05) is 15.2 Å². The molecule has 0 spiro atoms. The molecule has 0 saturated carbocycles. The zero-order valence-corrected chi connectivity index (χ0v) is 12.8. The lowest BCUT2D eigenvalue weighted by Gasteiger charge is -2.24. The maximum absolute atomic E-state index is 12.0. The number of halogens is 1. The molecular formula is C14H11IN4O. The Bertz CT molecular complexity index is 642. The van der Waals surface area contributed by atoms with Crippen LogP contribution in [0, 0.1) is 38.1 Å². The number of hydrogen-bond donors (Lipinski definition) is 1. The minimum absolute atomic E-state index is 0.261. The summed E-state index contributed by atoms with van der Waals surface area (Å²) in [4.78, 5) is 12.0. The van der Waals surface area contributed by atoms with Crippen LogP contribution >= 0.6 is 22.6 Å². The van der Waals surface area contributed by atoms with Crippen molar-refractivity contribution in [1.29, 1.82) is 10.5 Å². The van der Waals surface area contributed by atoms with Gasteiger partial charge in [-0.15, -0.1) is 0 Å². The fraction of sp³-hybridized carbons (Fsp3) is 0.286. The van der Waals surface area contributed by atoms with Crippen molar-refractivity contribution in [3.63, 3.8) is 0 Å². The molecule has 1 aliphatic rings. The van der Waals surface area contributed by atoms with Gasteiger partial charge in [-0.25, -0.2) is 5.43 Å². The Balaban J connectivity index is 2.55. The molecule has 0 aromatic heterocycles. The van der Waals surface area contributed by atoms with Crippen molar-refractivity contribution >= 4 is 34.2 Å². The zero-order chi connectivity index (χ0) is 14.7. The molecule has 0 fully saturated rings. The summed E-state index contributed by atoms with van der Waals surface area (Å²) in [5.74, 6) is -2.24. The summed E-state index contributed by atoms with van der Waals surface area (Å²) in [5, 5.41) is 22.4. The first kappa shape index (κ1) is 14.5. The van der Waals surface area contributed by atoms with Gasteiger partial charge in [0.2, 0.25) is 5.91 Å². The summed E-state index contributed by atoms with van der Waals surface area (Å²) < 4.78 is 0.929. The van der Waals surface area contributed by atoms with Crippen molar-refractivity contribution in [2.75, 3.05) is 0 Å². The van der Waals surface area contributed by atoms with E-state index in [0.717, 1.165) is 9.13 Å². The van der Waals surface area contributed by atoms with Crippen LogP contribution in [0.4, 0.5) is 0 Å². The highest BCUT2D eigenvalue weighted by Gasteiger charge is 2.41. The lowest BCUT2D eigenvalue weighted by atomic mass is 9.76. The second-order valence-electron chi connectivity index (χ2n) is 4.49. The molecule has 1 aromatic carbocycles. The molecule has 1 heterocycles. The quantitative estimate of drug-likeness (QED) is 0.818. The van der Waals surface area contributed by atoms with Crippen molar-refractivity contribution < 1.29 is 4.79 Å². The van der Waals surface area contributed by atoms with Crippen LogP contribution < -0.4 is 5.43 Å². The number of carbonyl (C=O) groups is 1. The van der Waals surface area contributed by atoms with E-state index in [1.807, 2.05) is 36.4 Å². The number of rotatable bonds is 3. The van der Waals surface area contributed by atoms with Crippen LogP contribution in [0.5, 0.6) is 0 Å². The predicted molar refractivity (Wildman–Crippen MR) is 81.4 cm³/mol. The third-order valence-electron chi connectivity index (χ3n) is 3.34. The number of amides is 1. The second kappa shape index (κ2) is 6.02. The van der Waals surface area contributed by atoms with Crippen LogP contribution in [0.15, 0.2) is 29.4 Å². The molecule has 1 amide bonds. The van der Waals surface area contributed by atoms with E-state index in [2.05, 4.69) is 33.1 Å². The maximum atomic E-state index is 12.0. The van der Waals surface area contributed by atoms with Crippen molar-refractivity contribution in [2.24, 2.45) is 16.9 Å². The molecular weight excluding hydrogens is 367 g/mol. The van der Waals surface area contributed by atoms with Gasteiger partial charge in [0.15, 0.2) is 0 Å². The first-order valence-corrected chi connectivity index (χ1v) is 7.05. The van der Waals surface area contributed by atoms with Crippen LogP contribution in [0.1, 0.15) is 18.4 Å². The van der Waals surface area contributed by atoms with Gasteiger partial charge >= 0.3 is 0 Å². The van der Waals surface area contributed by atoms with Crippen LogP contribution in [-0.4, -0.2) is 11.6 Å². The van der Waals surface area contributed by atoms with E-state index in [1.54, 1.807) is 6.92 Å². The molecule has 6 heteroatoms. The SMILES string of the molecule is CC1=NNC(=O)C1C(c1ccccc1I)C(C#N)C#N. The molecule has 0 saturated heterocycles. The first-order valence-electron chi connectivity index (χ1n) is 5.97. The smallest absolute Gasteiger partial charge is 0.249 e. The highest BCUT2D eigenvalue weighted by atomic mass is 127. The molecule has 1 aromatic rings. The van der Waals surface area contributed by atoms with Gasteiger partial charge in [0.25, 0.3) is 0 Å². The van der Waals surface area contributed by atoms with Gasteiger partial charge in [-0.05, 0) is 41.1 Å². The minimum Gasteiger partial charge on any atom is -0.272 e. The number of carbonyl (C=O) groups excluding carboxylic acids is 1. The summed E-state index contributed by atoms with van der Waals surface area (Å²) in [7, 11) is 0.